The fraction of sp³-hybridized carbons (Fsp3) is 0.500. The Bertz CT molecular complexity index is 720. The van der Waals surface area contributed by atoms with E-state index in [-0.39, 0.29) is 6.03 Å². The molecule has 5 heteroatoms. The van der Waals surface area contributed by atoms with E-state index in [4.69, 9.17) is 0 Å². The van der Waals surface area contributed by atoms with Gasteiger partial charge in [0, 0.05) is 44.0 Å². The van der Waals surface area contributed by atoms with Crippen LogP contribution >= 0.6 is 0 Å². The Morgan fingerprint density at radius 3 is 2.76 bits per heavy atom. The molecule has 0 bridgehead atoms. The molecule has 0 aliphatic carbocycles. The van der Waals surface area contributed by atoms with Crippen LogP contribution in [0.15, 0.2) is 30.5 Å². The lowest BCUT2D eigenvalue weighted by atomic mass is 10.1. The molecule has 1 aromatic carbocycles. The molecule has 1 atom stereocenters. The second-order valence-corrected chi connectivity index (χ2v) is 6.99. The van der Waals surface area contributed by atoms with Crippen molar-refractivity contribution < 1.29 is 4.79 Å². The highest BCUT2D eigenvalue weighted by molar-refractivity contribution is 5.74. The van der Waals surface area contributed by atoms with Gasteiger partial charge in [0.1, 0.15) is 5.82 Å². The second-order valence-electron chi connectivity index (χ2n) is 6.99. The van der Waals surface area contributed by atoms with Gasteiger partial charge in [-0.25, -0.2) is 9.78 Å². The topological polar surface area (TPSA) is 50.2 Å². The average Bonchev–Trinajstić information content (AvgIpc) is 3.22. The first-order valence-electron chi connectivity index (χ1n) is 9.18. The molecule has 5 nitrogen and oxygen atoms in total. The van der Waals surface area contributed by atoms with Gasteiger partial charge in [-0.3, -0.25) is 0 Å². The zero-order valence-electron chi connectivity index (χ0n) is 15.5. The van der Waals surface area contributed by atoms with Crippen LogP contribution in [0.3, 0.4) is 0 Å². The van der Waals surface area contributed by atoms with E-state index in [9.17, 15) is 4.79 Å². The molecule has 1 saturated heterocycles. The highest BCUT2D eigenvalue weighted by atomic mass is 16.2. The summed E-state index contributed by atoms with van der Waals surface area (Å²) in [7, 11) is 0. The third kappa shape index (κ3) is 4.03. The molecule has 0 saturated carbocycles. The molecule has 0 spiro atoms. The Hall–Kier alpha value is -2.30. The summed E-state index contributed by atoms with van der Waals surface area (Å²) >= 11 is 0. The summed E-state index contributed by atoms with van der Waals surface area (Å²) in [5.41, 5.74) is 3.57. The van der Waals surface area contributed by atoms with Gasteiger partial charge in [-0.15, -0.1) is 0 Å². The summed E-state index contributed by atoms with van der Waals surface area (Å²) in [5, 5.41) is 3.04. The van der Waals surface area contributed by atoms with Crippen molar-refractivity contribution in [2.75, 3.05) is 13.1 Å². The van der Waals surface area contributed by atoms with Crippen molar-refractivity contribution >= 4 is 6.03 Å². The fourth-order valence-corrected chi connectivity index (χ4v) is 3.47. The number of rotatable bonds is 5. The molecular weight excluding hydrogens is 312 g/mol. The normalized spacial score (nSPS) is 17.1. The van der Waals surface area contributed by atoms with Gasteiger partial charge in [0.25, 0.3) is 0 Å². The van der Waals surface area contributed by atoms with Crippen molar-refractivity contribution in [3.8, 4) is 0 Å². The Morgan fingerprint density at radius 1 is 1.28 bits per heavy atom. The number of carbonyl (C=O) groups is 1. The first kappa shape index (κ1) is 17.5. The van der Waals surface area contributed by atoms with Crippen LogP contribution in [-0.4, -0.2) is 33.6 Å². The number of hydrogen-bond acceptors (Lipinski definition) is 2. The number of aryl methyl sites for hydroxylation is 2. The molecule has 1 unspecified atom stereocenters. The molecule has 0 radical (unpaired) electrons. The van der Waals surface area contributed by atoms with Gasteiger partial charge in [0.2, 0.25) is 0 Å². The number of likely N-dealkylation sites (tertiary alicyclic amines) is 1. The largest absolute Gasteiger partial charge is 0.334 e. The number of nitrogens with one attached hydrogen (secondary N) is 1. The van der Waals surface area contributed by atoms with Crippen molar-refractivity contribution in [1.82, 2.24) is 19.8 Å². The van der Waals surface area contributed by atoms with E-state index in [0.717, 1.165) is 43.9 Å². The zero-order valence-corrected chi connectivity index (χ0v) is 15.5. The highest BCUT2D eigenvalue weighted by Gasteiger charge is 2.30. The maximum Gasteiger partial charge on any atom is 0.317 e. The van der Waals surface area contributed by atoms with E-state index in [2.05, 4.69) is 59.9 Å². The Morgan fingerprint density at radius 2 is 2.04 bits per heavy atom. The van der Waals surface area contributed by atoms with Crippen molar-refractivity contribution in [2.45, 2.75) is 52.6 Å². The minimum absolute atomic E-state index is 0.0217. The van der Waals surface area contributed by atoms with Gasteiger partial charge >= 0.3 is 6.03 Å². The number of nitrogens with zero attached hydrogens (tertiary/aromatic N) is 3. The van der Waals surface area contributed by atoms with Crippen LogP contribution in [0.4, 0.5) is 4.79 Å². The summed E-state index contributed by atoms with van der Waals surface area (Å²) in [6.45, 7) is 9.47. The molecule has 1 aliphatic rings. The highest BCUT2D eigenvalue weighted by Crippen LogP contribution is 2.27. The van der Waals surface area contributed by atoms with Crippen molar-refractivity contribution in [3.63, 3.8) is 0 Å². The molecule has 2 heterocycles. The van der Waals surface area contributed by atoms with E-state index in [1.165, 1.54) is 11.3 Å². The van der Waals surface area contributed by atoms with Crippen LogP contribution in [0.1, 0.15) is 48.3 Å². The Labute approximate surface area is 150 Å². The van der Waals surface area contributed by atoms with Gasteiger partial charge in [-0.05, 0) is 32.3 Å². The van der Waals surface area contributed by atoms with Crippen LogP contribution < -0.4 is 5.32 Å². The number of aromatic nitrogens is 2. The number of hydrogen-bond donors (Lipinski definition) is 1. The lowest BCUT2D eigenvalue weighted by Crippen LogP contribution is -2.38. The molecule has 1 fully saturated rings. The molecule has 134 valence electrons. The average molecular weight is 340 g/mol. The molecule has 3 rings (SSSR count). The van der Waals surface area contributed by atoms with Crippen LogP contribution in [0.5, 0.6) is 0 Å². The number of urea groups is 1. The van der Waals surface area contributed by atoms with Gasteiger partial charge in [0.05, 0.1) is 0 Å². The Kier molecular flexibility index (Phi) is 5.41. The van der Waals surface area contributed by atoms with Gasteiger partial charge in [0.15, 0.2) is 0 Å². The number of imidazole rings is 1. The fourth-order valence-electron chi connectivity index (χ4n) is 3.47. The summed E-state index contributed by atoms with van der Waals surface area (Å²) in [6, 6.07) is 8.29. The molecule has 1 N–H and O–H groups in total. The monoisotopic (exact) mass is 340 g/mol. The van der Waals surface area contributed by atoms with E-state index in [1.54, 1.807) is 0 Å². The maximum absolute atomic E-state index is 12.5. The lowest BCUT2D eigenvalue weighted by Gasteiger charge is -2.18. The summed E-state index contributed by atoms with van der Waals surface area (Å²) < 4.78 is 2.30. The van der Waals surface area contributed by atoms with Crippen molar-refractivity contribution in [1.29, 1.82) is 0 Å². The third-order valence-corrected chi connectivity index (χ3v) is 4.94. The standard InChI is InChI=1S/C20H28N4O/c1-4-10-24-16(3)12-21-19(24)18-9-11-23(14-18)20(25)22-13-17-7-5-15(2)6-8-17/h5-8,12,18H,4,9-11,13-14H2,1-3H3,(H,22,25). The van der Waals surface area contributed by atoms with Gasteiger partial charge in [-0.1, -0.05) is 36.8 Å². The van der Waals surface area contributed by atoms with Crippen LogP contribution in [-0.2, 0) is 13.1 Å². The van der Waals surface area contributed by atoms with Crippen LogP contribution in [0.25, 0.3) is 0 Å². The molecule has 2 aromatic rings. The van der Waals surface area contributed by atoms with E-state index >= 15 is 0 Å². The van der Waals surface area contributed by atoms with E-state index in [1.807, 2.05) is 11.1 Å². The van der Waals surface area contributed by atoms with Crippen molar-refractivity contribution in [2.24, 2.45) is 0 Å². The molecule has 25 heavy (non-hydrogen) atoms. The third-order valence-electron chi connectivity index (χ3n) is 4.94. The quantitative estimate of drug-likeness (QED) is 0.904. The first-order chi connectivity index (χ1) is 12.1. The molecule has 1 aliphatic heterocycles. The SMILES string of the molecule is CCCn1c(C)cnc1C1CCN(C(=O)NCc2ccc(C)cc2)C1. The van der Waals surface area contributed by atoms with Crippen LogP contribution in [0.2, 0.25) is 0 Å². The lowest BCUT2D eigenvalue weighted by molar-refractivity contribution is 0.207. The molecule has 1 aromatic heterocycles. The zero-order chi connectivity index (χ0) is 17.8. The predicted molar refractivity (Wildman–Crippen MR) is 99.6 cm³/mol. The van der Waals surface area contributed by atoms with Crippen molar-refractivity contribution in [3.05, 3.63) is 53.1 Å². The predicted octanol–water partition coefficient (Wildman–Crippen LogP) is 3.61. The second kappa shape index (κ2) is 7.72. The maximum atomic E-state index is 12.5. The minimum atomic E-state index is 0.0217. The number of amides is 2. The summed E-state index contributed by atoms with van der Waals surface area (Å²) in [6.07, 6.45) is 4.03. The first-order valence-corrected chi connectivity index (χ1v) is 9.18. The Balaban J connectivity index is 1.57. The number of carbonyl (C=O) groups excluding carboxylic acids is 1. The van der Waals surface area contributed by atoms with E-state index < -0.39 is 0 Å². The smallest absolute Gasteiger partial charge is 0.317 e. The van der Waals surface area contributed by atoms with E-state index in [0.29, 0.717) is 12.5 Å². The van der Waals surface area contributed by atoms with Gasteiger partial charge in [-0.2, -0.15) is 0 Å². The molecular formula is C20H28N4O. The van der Waals surface area contributed by atoms with Crippen LogP contribution in [0, 0.1) is 13.8 Å². The summed E-state index contributed by atoms with van der Waals surface area (Å²) in [5.74, 6) is 1.47. The minimum Gasteiger partial charge on any atom is -0.334 e. The number of benzene rings is 1. The van der Waals surface area contributed by atoms with Gasteiger partial charge < -0.3 is 14.8 Å². The molecule has 2 amide bonds. The summed E-state index contributed by atoms with van der Waals surface area (Å²) in [4.78, 5) is 19.0.